The minimum Gasteiger partial charge on any atom is -0.486 e. The molecular weight excluding hydrogens is 266 g/mol. The highest BCUT2D eigenvalue weighted by molar-refractivity contribution is 5.29. The fourth-order valence-corrected chi connectivity index (χ4v) is 2.45. The zero-order valence-corrected chi connectivity index (χ0v) is 12.0. The van der Waals surface area contributed by atoms with Crippen molar-refractivity contribution < 1.29 is 9.47 Å². The van der Waals surface area contributed by atoms with Crippen LogP contribution in [0, 0.1) is 0 Å². The number of nitrogens with one attached hydrogen (secondary N) is 1. The Balaban J connectivity index is 1.66. The number of anilines is 1. The minimum atomic E-state index is -0.0313. The first-order chi connectivity index (χ1) is 10.4. The van der Waals surface area contributed by atoms with Gasteiger partial charge in [-0.05, 0) is 25.1 Å². The molecule has 0 spiro atoms. The molecule has 21 heavy (non-hydrogen) atoms. The molecule has 110 valence electrons. The molecule has 3 atom stereocenters. The van der Waals surface area contributed by atoms with Gasteiger partial charge in [0.25, 0.3) is 0 Å². The molecule has 0 aliphatic heterocycles. The van der Waals surface area contributed by atoms with Gasteiger partial charge >= 0.3 is 0 Å². The molecule has 1 aliphatic rings. The van der Waals surface area contributed by atoms with E-state index in [1.54, 1.807) is 18.5 Å². The third-order valence-electron chi connectivity index (χ3n) is 3.53. The number of benzene rings is 1. The molecule has 1 aromatic heterocycles. The van der Waals surface area contributed by atoms with E-state index in [2.05, 4.69) is 15.3 Å². The molecule has 5 nitrogen and oxygen atoms in total. The van der Waals surface area contributed by atoms with Gasteiger partial charge in [0.2, 0.25) is 5.95 Å². The molecule has 3 unspecified atom stereocenters. The summed E-state index contributed by atoms with van der Waals surface area (Å²) in [5.74, 6) is 1.48. The van der Waals surface area contributed by atoms with E-state index in [4.69, 9.17) is 9.47 Å². The van der Waals surface area contributed by atoms with Crippen LogP contribution in [0.25, 0.3) is 0 Å². The molecule has 0 amide bonds. The minimum absolute atomic E-state index is 0.0313. The molecule has 1 aromatic carbocycles. The number of aromatic nitrogens is 2. The molecule has 5 heteroatoms. The predicted molar refractivity (Wildman–Crippen MR) is 80.3 cm³/mol. The number of nitrogens with zero attached hydrogens (tertiary/aromatic N) is 2. The topological polar surface area (TPSA) is 56.3 Å². The van der Waals surface area contributed by atoms with Crippen LogP contribution in [0.4, 0.5) is 5.95 Å². The zero-order valence-electron chi connectivity index (χ0n) is 12.0. The SMILES string of the molecule is CCOC1CC(Nc2ncccn2)C1Oc1ccccc1. The summed E-state index contributed by atoms with van der Waals surface area (Å²) in [4.78, 5) is 8.39. The van der Waals surface area contributed by atoms with Gasteiger partial charge in [-0.2, -0.15) is 0 Å². The van der Waals surface area contributed by atoms with Crippen LogP contribution in [0.15, 0.2) is 48.8 Å². The van der Waals surface area contributed by atoms with Crippen LogP contribution >= 0.6 is 0 Å². The molecule has 1 saturated carbocycles. The Bertz CT molecular complexity index is 550. The first-order valence-electron chi connectivity index (χ1n) is 7.23. The summed E-state index contributed by atoms with van der Waals surface area (Å²) in [7, 11) is 0. The molecule has 1 fully saturated rings. The Morgan fingerprint density at radius 1 is 1.14 bits per heavy atom. The standard InChI is InChI=1S/C16H19N3O2/c1-2-20-14-11-13(19-16-17-9-6-10-18-16)15(14)21-12-7-4-3-5-8-12/h3-10,13-15H,2,11H2,1H3,(H,17,18,19). The van der Waals surface area contributed by atoms with Crippen molar-refractivity contribution in [2.24, 2.45) is 0 Å². The molecule has 0 saturated heterocycles. The van der Waals surface area contributed by atoms with E-state index < -0.39 is 0 Å². The van der Waals surface area contributed by atoms with Crippen LogP contribution in [0.1, 0.15) is 13.3 Å². The fourth-order valence-electron chi connectivity index (χ4n) is 2.45. The Morgan fingerprint density at radius 3 is 2.62 bits per heavy atom. The van der Waals surface area contributed by atoms with Gasteiger partial charge in [-0.1, -0.05) is 18.2 Å². The highest BCUT2D eigenvalue weighted by atomic mass is 16.5. The fraction of sp³-hybridized carbons (Fsp3) is 0.375. The van der Waals surface area contributed by atoms with Gasteiger partial charge in [-0.15, -0.1) is 0 Å². The normalized spacial score (nSPS) is 24.1. The van der Waals surface area contributed by atoms with Gasteiger partial charge in [0, 0.05) is 25.4 Å². The number of rotatable bonds is 6. The summed E-state index contributed by atoms with van der Waals surface area (Å²) in [6, 6.07) is 11.8. The average Bonchev–Trinajstić information content (AvgIpc) is 2.54. The molecule has 2 aromatic rings. The van der Waals surface area contributed by atoms with Crippen LogP contribution < -0.4 is 10.1 Å². The molecule has 3 rings (SSSR count). The average molecular weight is 285 g/mol. The lowest BCUT2D eigenvalue weighted by Gasteiger charge is -2.43. The highest BCUT2D eigenvalue weighted by Crippen LogP contribution is 2.30. The van der Waals surface area contributed by atoms with Crippen molar-refractivity contribution in [3.63, 3.8) is 0 Å². The monoisotopic (exact) mass is 285 g/mol. The lowest BCUT2D eigenvalue weighted by molar-refractivity contribution is -0.0882. The molecule has 0 bridgehead atoms. The number of hydrogen-bond acceptors (Lipinski definition) is 5. The Kier molecular flexibility index (Phi) is 4.31. The lowest BCUT2D eigenvalue weighted by Crippen LogP contribution is -2.59. The summed E-state index contributed by atoms with van der Waals surface area (Å²) < 4.78 is 11.8. The quantitative estimate of drug-likeness (QED) is 0.883. The molecule has 1 N–H and O–H groups in total. The van der Waals surface area contributed by atoms with E-state index in [1.807, 2.05) is 37.3 Å². The Labute approximate surface area is 124 Å². The smallest absolute Gasteiger partial charge is 0.222 e. The van der Waals surface area contributed by atoms with Crippen LogP contribution in [0.5, 0.6) is 5.75 Å². The second-order valence-corrected chi connectivity index (χ2v) is 4.95. The van der Waals surface area contributed by atoms with Crippen molar-refractivity contribution in [1.82, 2.24) is 9.97 Å². The van der Waals surface area contributed by atoms with Crippen molar-refractivity contribution >= 4 is 5.95 Å². The van der Waals surface area contributed by atoms with Crippen LogP contribution in [0.2, 0.25) is 0 Å². The second-order valence-electron chi connectivity index (χ2n) is 4.95. The van der Waals surface area contributed by atoms with E-state index in [9.17, 15) is 0 Å². The summed E-state index contributed by atoms with van der Waals surface area (Å²) >= 11 is 0. The summed E-state index contributed by atoms with van der Waals surface area (Å²) in [5.41, 5.74) is 0. The number of hydrogen-bond donors (Lipinski definition) is 1. The second kappa shape index (κ2) is 6.54. The van der Waals surface area contributed by atoms with Gasteiger partial charge in [0.15, 0.2) is 0 Å². The van der Waals surface area contributed by atoms with Crippen molar-refractivity contribution in [2.45, 2.75) is 31.6 Å². The lowest BCUT2D eigenvalue weighted by atomic mass is 9.85. The first-order valence-corrected chi connectivity index (χ1v) is 7.23. The maximum atomic E-state index is 6.06. The van der Waals surface area contributed by atoms with Crippen LogP contribution in [0.3, 0.4) is 0 Å². The van der Waals surface area contributed by atoms with E-state index in [0.717, 1.165) is 12.2 Å². The third-order valence-corrected chi connectivity index (χ3v) is 3.53. The third kappa shape index (κ3) is 3.31. The van der Waals surface area contributed by atoms with Crippen LogP contribution in [-0.4, -0.2) is 34.8 Å². The number of para-hydroxylation sites is 1. The molecule has 1 heterocycles. The Morgan fingerprint density at radius 2 is 1.90 bits per heavy atom. The van der Waals surface area contributed by atoms with E-state index in [0.29, 0.717) is 12.6 Å². The number of ether oxygens (including phenoxy) is 2. The van der Waals surface area contributed by atoms with E-state index in [-0.39, 0.29) is 18.2 Å². The van der Waals surface area contributed by atoms with Gasteiger partial charge in [0.05, 0.1) is 12.1 Å². The van der Waals surface area contributed by atoms with Gasteiger partial charge in [0.1, 0.15) is 11.9 Å². The van der Waals surface area contributed by atoms with Crippen molar-refractivity contribution in [1.29, 1.82) is 0 Å². The maximum absolute atomic E-state index is 6.06. The molecule has 0 radical (unpaired) electrons. The Hall–Kier alpha value is -2.14. The highest BCUT2D eigenvalue weighted by Gasteiger charge is 2.44. The maximum Gasteiger partial charge on any atom is 0.222 e. The largest absolute Gasteiger partial charge is 0.486 e. The summed E-state index contributed by atoms with van der Waals surface area (Å²) in [6.07, 6.45) is 4.42. The van der Waals surface area contributed by atoms with Gasteiger partial charge in [-0.3, -0.25) is 0 Å². The van der Waals surface area contributed by atoms with Gasteiger partial charge in [-0.25, -0.2) is 9.97 Å². The van der Waals surface area contributed by atoms with Crippen molar-refractivity contribution in [3.8, 4) is 5.75 Å². The summed E-state index contributed by atoms with van der Waals surface area (Å²) in [6.45, 7) is 2.69. The van der Waals surface area contributed by atoms with Gasteiger partial charge < -0.3 is 14.8 Å². The predicted octanol–water partition coefficient (Wildman–Crippen LogP) is 2.51. The van der Waals surface area contributed by atoms with Crippen molar-refractivity contribution in [2.75, 3.05) is 11.9 Å². The first kappa shape index (κ1) is 13.8. The zero-order chi connectivity index (χ0) is 14.5. The van der Waals surface area contributed by atoms with Crippen LogP contribution in [-0.2, 0) is 4.74 Å². The van der Waals surface area contributed by atoms with E-state index >= 15 is 0 Å². The summed E-state index contributed by atoms with van der Waals surface area (Å²) in [5, 5.41) is 3.31. The van der Waals surface area contributed by atoms with E-state index in [1.165, 1.54) is 0 Å². The van der Waals surface area contributed by atoms with Crippen molar-refractivity contribution in [3.05, 3.63) is 48.8 Å². The molecular formula is C16H19N3O2. The molecule has 1 aliphatic carbocycles.